The van der Waals surface area contributed by atoms with Crippen LogP contribution in [0.15, 0.2) is 140 Å². The third kappa shape index (κ3) is 6.03. The van der Waals surface area contributed by atoms with Crippen molar-refractivity contribution in [3.8, 4) is 45.2 Å². The second-order valence-electron chi connectivity index (χ2n) is 12.7. The van der Waals surface area contributed by atoms with Gasteiger partial charge in [0.2, 0.25) is 0 Å². The van der Waals surface area contributed by atoms with Gasteiger partial charge in [-0.2, -0.15) is 0 Å². The molecule has 7 aromatic rings. The van der Waals surface area contributed by atoms with E-state index in [0.717, 1.165) is 89.4 Å². The SMILES string of the molecule is O=C(O)c1ccc(-c2c3nc(c(-c4ccccc4)c4ccc([nH]4)c(C#Cc4ccccc4)c4nc(c(-c5ccccc5)c5ccc2[nH]5)C=C4)C=C3)cc1. The van der Waals surface area contributed by atoms with Crippen molar-refractivity contribution >= 4 is 52.3 Å². The average Bonchev–Trinajstić information content (AvgIpc) is 4.04. The highest BCUT2D eigenvalue weighted by molar-refractivity contribution is 5.98. The summed E-state index contributed by atoms with van der Waals surface area (Å²) in [6.45, 7) is 0. The topological polar surface area (TPSA) is 94.7 Å². The number of hydrogen-bond donors (Lipinski definition) is 3. The standard InChI is InChI=1S/C47H30N4O2/c52-47(53)34-19-17-33(18-20-34)46-42-28-26-40(50-42)44(31-12-6-2-7-13-31)38-24-22-36(48-38)35(21-16-30-10-4-1-5-11-30)37-23-25-39(49-37)45(32-14-8-3-9-15-32)41-27-29-43(46)51-41/h1-15,17-20,22-29,48,51H,(H,52,53). The number of carbonyl (C=O) groups is 1. The zero-order valence-corrected chi connectivity index (χ0v) is 28.3. The summed E-state index contributed by atoms with van der Waals surface area (Å²) >= 11 is 0. The quantitative estimate of drug-likeness (QED) is 0.161. The third-order valence-corrected chi connectivity index (χ3v) is 9.40. The number of aromatic nitrogens is 4. The number of nitrogens with one attached hydrogen (secondary N) is 2. The molecule has 4 aromatic carbocycles. The molecule has 0 saturated carbocycles. The predicted molar refractivity (Wildman–Crippen MR) is 215 cm³/mol. The molecule has 250 valence electrons. The number of hydrogen-bond acceptors (Lipinski definition) is 3. The fourth-order valence-electron chi connectivity index (χ4n) is 6.89. The Morgan fingerprint density at radius 1 is 0.453 bits per heavy atom. The third-order valence-electron chi connectivity index (χ3n) is 9.40. The maximum absolute atomic E-state index is 11.8. The van der Waals surface area contributed by atoms with Crippen LogP contribution in [0, 0.1) is 11.8 Å². The highest BCUT2D eigenvalue weighted by Gasteiger charge is 2.18. The summed E-state index contributed by atoms with van der Waals surface area (Å²) in [7, 11) is 0. The van der Waals surface area contributed by atoms with Crippen molar-refractivity contribution in [2.45, 2.75) is 0 Å². The zero-order valence-electron chi connectivity index (χ0n) is 28.3. The summed E-state index contributed by atoms with van der Waals surface area (Å²) < 4.78 is 0. The van der Waals surface area contributed by atoms with Crippen LogP contribution in [0.5, 0.6) is 0 Å². The number of nitrogens with zero attached hydrogens (tertiary/aromatic N) is 2. The van der Waals surface area contributed by atoms with Gasteiger partial charge in [0.1, 0.15) is 0 Å². The number of rotatable bonds is 4. The van der Waals surface area contributed by atoms with E-state index >= 15 is 0 Å². The van der Waals surface area contributed by atoms with E-state index in [1.807, 2.05) is 103 Å². The van der Waals surface area contributed by atoms with Gasteiger partial charge in [0, 0.05) is 38.8 Å². The van der Waals surface area contributed by atoms with Crippen LogP contribution in [0.1, 0.15) is 44.3 Å². The van der Waals surface area contributed by atoms with Crippen molar-refractivity contribution in [3.05, 3.63) is 179 Å². The van der Waals surface area contributed by atoms with Gasteiger partial charge in [-0.3, -0.25) is 0 Å². The second-order valence-corrected chi connectivity index (χ2v) is 12.7. The number of fused-ring (bicyclic) bond motifs is 8. The minimum Gasteiger partial charge on any atom is -0.478 e. The first-order valence-electron chi connectivity index (χ1n) is 17.3. The molecule has 9 rings (SSSR count). The predicted octanol–water partition coefficient (Wildman–Crippen LogP) is 10.8. The Morgan fingerprint density at radius 3 is 1.38 bits per heavy atom. The van der Waals surface area contributed by atoms with Gasteiger partial charge in [-0.05, 0) is 89.5 Å². The van der Waals surface area contributed by atoms with Crippen molar-refractivity contribution in [1.82, 2.24) is 19.9 Å². The molecule has 0 spiro atoms. The number of carboxylic acid groups (broad SMARTS) is 1. The molecule has 3 N–H and O–H groups in total. The van der Waals surface area contributed by atoms with E-state index in [4.69, 9.17) is 9.97 Å². The first kappa shape index (κ1) is 31.5. The summed E-state index contributed by atoms with van der Waals surface area (Å²) in [5.41, 5.74) is 14.0. The number of benzene rings is 4. The van der Waals surface area contributed by atoms with Gasteiger partial charge in [0.15, 0.2) is 0 Å². The Balaban J connectivity index is 1.43. The van der Waals surface area contributed by atoms with E-state index in [1.54, 1.807) is 12.1 Å². The Bertz CT molecular complexity index is 2800. The van der Waals surface area contributed by atoms with Gasteiger partial charge >= 0.3 is 5.97 Å². The smallest absolute Gasteiger partial charge is 0.335 e. The lowest BCUT2D eigenvalue weighted by atomic mass is 10.0. The second kappa shape index (κ2) is 13.3. The normalized spacial score (nSPS) is 11.6. The maximum Gasteiger partial charge on any atom is 0.335 e. The van der Waals surface area contributed by atoms with E-state index in [-0.39, 0.29) is 5.56 Å². The molecule has 8 bridgehead atoms. The highest BCUT2D eigenvalue weighted by atomic mass is 16.4. The zero-order chi connectivity index (χ0) is 35.7. The number of aromatic amines is 2. The van der Waals surface area contributed by atoms with E-state index in [1.165, 1.54) is 0 Å². The minimum absolute atomic E-state index is 0.218. The molecule has 2 aliphatic heterocycles. The van der Waals surface area contributed by atoms with Crippen LogP contribution in [0.25, 0.3) is 79.8 Å². The molecule has 0 unspecified atom stereocenters. The van der Waals surface area contributed by atoms with Crippen molar-refractivity contribution in [2.24, 2.45) is 0 Å². The lowest BCUT2D eigenvalue weighted by molar-refractivity contribution is 0.0697. The van der Waals surface area contributed by atoms with Crippen molar-refractivity contribution in [1.29, 1.82) is 0 Å². The highest BCUT2D eigenvalue weighted by Crippen LogP contribution is 2.36. The molecule has 5 heterocycles. The monoisotopic (exact) mass is 682 g/mol. The van der Waals surface area contributed by atoms with Crippen LogP contribution in [0.3, 0.4) is 0 Å². The molecule has 0 fully saturated rings. The molecular weight excluding hydrogens is 653 g/mol. The summed E-state index contributed by atoms with van der Waals surface area (Å²) in [4.78, 5) is 29.7. The van der Waals surface area contributed by atoms with Crippen LogP contribution in [0.2, 0.25) is 0 Å². The van der Waals surface area contributed by atoms with Crippen molar-refractivity contribution in [3.63, 3.8) is 0 Å². The lowest BCUT2D eigenvalue weighted by Crippen LogP contribution is -1.95. The summed E-state index contributed by atoms with van der Waals surface area (Å²) in [5, 5.41) is 9.65. The van der Waals surface area contributed by atoms with Gasteiger partial charge in [-0.1, -0.05) is 103 Å². The number of H-pyrrole nitrogens is 2. The average molecular weight is 683 g/mol. The molecule has 6 heteroatoms. The minimum atomic E-state index is -0.974. The molecule has 6 nitrogen and oxygen atoms in total. The van der Waals surface area contributed by atoms with Crippen LogP contribution in [-0.4, -0.2) is 31.0 Å². The van der Waals surface area contributed by atoms with Crippen LogP contribution in [0.4, 0.5) is 0 Å². The molecule has 53 heavy (non-hydrogen) atoms. The summed E-state index contributed by atoms with van der Waals surface area (Å²) in [6, 6.07) is 45.6. The van der Waals surface area contributed by atoms with Crippen LogP contribution >= 0.6 is 0 Å². The summed E-state index contributed by atoms with van der Waals surface area (Å²) in [5.74, 6) is 5.86. The van der Waals surface area contributed by atoms with E-state index < -0.39 is 5.97 Å². The molecule has 3 aromatic heterocycles. The van der Waals surface area contributed by atoms with Crippen LogP contribution < -0.4 is 0 Å². The largest absolute Gasteiger partial charge is 0.478 e. The van der Waals surface area contributed by atoms with Gasteiger partial charge in [0.25, 0.3) is 0 Å². The molecule has 0 aliphatic carbocycles. The van der Waals surface area contributed by atoms with E-state index in [2.05, 4.69) is 70.3 Å². The Hall–Kier alpha value is -7.49. The van der Waals surface area contributed by atoms with Gasteiger partial charge in [0.05, 0.1) is 39.4 Å². The molecule has 0 atom stereocenters. The fraction of sp³-hybridized carbons (Fsp3) is 0. The number of aromatic carboxylic acids is 1. The Labute approximate surface area is 305 Å². The molecule has 0 radical (unpaired) electrons. The molecule has 2 aliphatic rings. The lowest BCUT2D eigenvalue weighted by Gasteiger charge is -2.06. The van der Waals surface area contributed by atoms with E-state index in [9.17, 15) is 9.90 Å². The van der Waals surface area contributed by atoms with Gasteiger partial charge in [-0.25, -0.2) is 14.8 Å². The van der Waals surface area contributed by atoms with Gasteiger partial charge in [-0.15, -0.1) is 0 Å². The van der Waals surface area contributed by atoms with E-state index in [0.29, 0.717) is 0 Å². The summed E-state index contributed by atoms with van der Waals surface area (Å²) in [6.07, 6.45) is 8.14. The first-order valence-corrected chi connectivity index (χ1v) is 17.3. The maximum atomic E-state index is 11.8. The molecule has 0 saturated heterocycles. The fourth-order valence-corrected chi connectivity index (χ4v) is 6.89. The Morgan fingerprint density at radius 2 is 0.868 bits per heavy atom. The molecular formula is C47H30N4O2. The number of carboxylic acids is 1. The van der Waals surface area contributed by atoms with Gasteiger partial charge < -0.3 is 15.1 Å². The van der Waals surface area contributed by atoms with Crippen molar-refractivity contribution < 1.29 is 9.90 Å². The van der Waals surface area contributed by atoms with Crippen molar-refractivity contribution in [2.75, 3.05) is 0 Å². The first-order chi connectivity index (χ1) is 26.1. The van der Waals surface area contributed by atoms with Crippen LogP contribution in [-0.2, 0) is 0 Å². The molecule has 0 amide bonds. The Kier molecular flexibility index (Phi) is 7.92.